The summed E-state index contributed by atoms with van der Waals surface area (Å²) in [4.78, 5) is 19.5. The molecule has 8 nitrogen and oxygen atoms in total. The summed E-state index contributed by atoms with van der Waals surface area (Å²) >= 11 is 0. The van der Waals surface area contributed by atoms with Gasteiger partial charge in [0.15, 0.2) is 18.1 Å². The minimum Gasteiger partial charge on any atom is -0.493 e. The summed E-state index contributed by atoms with van der Waals surface area (Å²) in [6.45, 7) is 3.36. The van der Waals surface area contributed by atoms with Gasteiger partial charge in [-0.3, -0.25) is 0 Å². The van der Waals surface area contributed by atoms with Crippen molar-refractivity contribution >= 4 is 11.8 Å². The first-order chi connectivity index (χ1) is 16.1. The van der Waals surface area contributed by atoms with E-state index in [1.807, 2.05) is 19.1 Å². The number of aliphatic carboxylic acids is 1. The van der Waals surface area contributed by atoms with Gasteiger partial charge in [0.2, 0.25) is 0 Å². The maximum Gasteiger partial charge on any atom is 0.341 e. The molecule has 1 aromatic heterocycles. The molecule has 0 saturated heterocycles. The van der Waals surface area contributed by atoms with Crippen LogP contribution in [-0.4, -0.2) is 47.4 Å². The summed E-state index contributed by atoms with van der Waals surface area (Å²) in [6.07, 6.45) is 4.52. The van der Waals surface area contributed by atoms with E-state index in [0.717, 1.165) is 55.2 Å². The Kier molecular flexibility index (Phi) is 7.24. The Morgan fingerprint density at radius 2 is 2.03 bits per heavy atom. The first-order valence-electron chi connectivity index (χ1n) is 11.0. The second-order valence-corrected chi connectivity index (χ2v) is 7.64. The van der Waals surface area contributed by atoms with Crippen LogP contribution < -0.4 is 19.5 Å². The van der Waals surface area contributed by atoms with Gasteiger partial charge in [0.05, 0.1) is 18.9 Å². The monoisotopic (exact) mass is 449 g/mol. The smallest absolute Gasteiger partial charge is 0.341 e. The molecular weight excluding hydrogens is 422 g/mol. The van der Waals surface area contributed by atoms with E-state index >= 15 is 0 Å². The molecule has 0 unspecified atom stereocenters. The molecule has 1 aliphatic rings. The van der Waals surface area contributed by atoms with Crippen LogP contribution >= 0.6 is 0 Å². The Balaban J connectivity index is 1.42. The van der Waals surface area contributed by atoms with E-state index < -0.39 is 12.6 Å². The number of carbonyl (C=O) groups is 1. The van der Waals surface area contributed by atoms with E-state index in [2.05, 4.69) is 33.5 Å². The molecule has 172 valence electrons. The first kappa shape index (κ1) is 22.4. The van der Waals surface area contributed by atoms with Gasteiger partial charge in [-0.05, 0) is 61.6 Å². The Morgan fingerprint density at radius 1 is 1.12 bits per heavy atom. The third-order valence-corrected chi connectivity index (χ3v) is 5.26. The zero-order valence-corrected chi connectivity index (χ0v) is 18.5. The van der Waals surface area contributed by atoms with Crippen molar-refractivity contribution in [2.75, 3.05) is 31.7 Å². The Morgan fingerprint density at radius 3 is 2.88 bits per heavy atom. The number of aryl methyl sites for hydroxylation is 1. The van der Waals surface area contributed by atoms with Crippen LogP contribution in [0.4, 0.5) is 5.82 Å². The normalized spacial score (nSPS) is 12.4. The summed E-state index contributed by atoms with van der Waals surface area (Å²) in [5.74, 6) is 1.53. The topological polar surface area (TPSA) is 103 Å². The van der Waals surface area contributed by atoms with E-state index in [1.165, 1.54) is 17.5 Å². The Bertz CT molecular complexity index is 1120. The second kappa shape index (κ2) is 10.7. The van der Waals surface area contributed by atoms with Crippen molar-refractivity contribution in [3.63, 3.8) is 0 Å². The number of hydrogen-bond donors (Lipinski definition) is 2. The molecule has 0 amide bonds. The van der Waals surface area contributed by atoms with E-state index in [-0.39, 0.29) is 0 Å². The van der Waals surface area contributed by atoms with Gasteiger partial charge >= 0.3 is 5.97 Å². The molecule has 2 aromatic carbocycles. The molecule has 2 heterocycles. The molecule has 4 rings (SSSR count). The van der Waals surface area contributed by atoms with Crippen LogP contribution in [0.5, 0.6) is 17.2 Å². The van der Waals surface area contributed by atoms with Gasteiger partial charge in [0.1, 0.15) is 17.9 Å². The number of nitrogens with zero attached hydrogens (tertiary/aromatic N) is 2. The summed E-state index contributed by atoms with van der Waals surface area (Å²) in [5, 5.41) is 12.2. The van der Waals surface area contributed by atoms with E-state index in [9.17, 15) is 4.79 Å². The quantitative estimate of drug-likeness (QED) is 0.479. The molecule has 0 fully saturated rings. The number of ether oxygens (including phenoxy) is 3. The molecule has 8 heteroatoms. The number of hydrogen-bond acceptors (Lipinski definition) is 7. The van der Waals surface area contributed by atoms with E-state index in [0.29, 0.717) is 18.1 Å². The third-order valence-electron chi connectivity index (χ3n) is 5.26. The summed E-state index contributed by atoms with van der Waals surface area (Å²) in [6, 6.07) is 13.6. The highest BCUT2D eigenvalue weighted by Gasteiger charge is 2.12. The van der Waals surface area contributed by atoms with Gasteiger partial charge in [-0.15, -0.1) is 0 Å². The molecule has 0 saturated carbocycles. The summed E-state index contributed by atoms with van der Waals surface area (Å²) in [7, 11) is 0. The number of fused-ring (bicyclic) bond motifs is 1. The Hall–Kier alpha value is -3.81. The zero-order chi connectivity index (χ0) is 23.0. The molecular formula is C25H27N3O5. The average Bonchev–Trinajstić information content (AvgIpc) is 2.83. The van der Waals surface area contributed by atoms with Crippen molar-refractivity contribution in [3.05, 3.63) is 59.9 Å². The molecule has 33 heavy (non-hydrogen) atoms. The largest absolute Gasteiger partial charge is 0.493 e. The predicted octanol–water partition coefficient (Wildman–Crippen LogP) is 3.99. The number of aromatic nitrogens is 2. The van der Waals surface area contributed by atoms with Crippen molar-refractivity contribution in [3.8, 4) is 28.5 Å². The minimum atomic E-state index is -1.05. The molecule has 0 radical (unpaired) electrons. The number of carboxylic acids is 1. The number of anilines is 1. The SMILES string of the molecule is CCOc1cc(-c2cc(NCCc3ccc4c(c3)OCCC4)ncn2)ccc1OCC(=O)O. The molecule has 2 N–H and O–H groups in total. The van der Waals surface area contributed by atoms with E-state index in [1.54, 1.807) is 12.1 Å². The highest BCUT2D eigenvalue weighted by Crippen LogP contribution is 2.32. The zero-order valence-electron chi connectivity index (χ0n) is 18.5. The fraction of sp³-hybridized carbons (Fsp3) is 0.320. The molecule has 1 aliphatic heterocycles. The Labute approximate surface area is 192 Å². The van der Waals surface area contributed by atoms with Crippen LogP contribution in [0.2, 0.25) is 0 Å². The van der Waals surface area contributed by atoms with Gasteiger partial charge in [0.25, 0.3) is 0 Å². The van der Waals surface area contributed by atoms with Crippen LogP contribution in [0.25, 0.3) is 11.3 Å². The van der Waals surface area contributed by atoms with Crippen LogP contribution in [0.15, 0.2) is 48.8 Å². The first-order valence-corrected chi connectivity index (χ1v) is 11.0. The maximum atomic E-state index is 10.8. The van der Waals surface area contributed by atoms with Crippen LogP contribution in [-0.2, 0) is 17.6 Å². The number of rotatable bonds is 10. The summed E-state index contributed by atoms with van der Waals surface area (Å²) in [5.41, 5.74) is 4.04. The molecule has 0 atom stereocenters. The lowest BCUT2D eigenvalue weighted by Crippen LogP contribution is -2.10. The highest BCUT2D eigenvalue weighted by molar-refractivity contribution is 5.69. The molecule has 3 aromatic rings. The number of nitrogens with one attached hydrogen (secondary N) is 1. The van der Waals surface area contributed by atoms with Crippen LogP contribution in [0, 0.1) is 0 Å². The lowest BCUT2D eigenvalue weighted by Gasteiger charge is -2.18. The van der Waals surface area contributed by atoms with Gasteiger partial charge < -0.3 is 24.6 Å². The standard InChI is InChI=1S/C25H27N3O5/c1-2-31-23-13-19(7-8-21(23)33-15-25(29)30)20-14-24(28-16-27-20)26-10-9-17-5-6-18-4-3-11-32-22(18)12-17/h5-8,12-14,16H,2-4,9-11,15H2,1H3,(H,29,30)(H,26,27,28). The highest BCUT2D eigenvalue weighted by atomic mass is 16.5. The fourth-order valence-electron chi connectivity index (χ4n) is 3.68. The lowest BCUT2D eigenvalue weighted by molar-refractivity contribution is -0.139. The van der Waals surface area contributed by atoms with Gasteiger partial charge in [-0.25, -0.2) is 14.8 Å². The van der Waals surface area contributed by atoms with Crippen LogP contribution in [0.3, 0.4) is 0 Å². The molecule has 0 spiro atoms. The number of carboxylic acid groups (broad SMARTS) is 1. The molecule has 0 bridgehead atoms. The third kappa shape index (κ3) is 5.91. The van der Waals surface area contributed by atoms with Crippen molar-refractivity contribution in [1.82, 2.24) is 9.97 Å². The second-order valence-electron chi connectivity index (χ2n) is 7.64. The van der Waals surface area contributed by atoms with Crippen LogP contribution in [0.1, 0.15) is 24.5 Å². The van der Waals surface area contributed by atoms with Crippen molar-refractivity contribution in [2.24, 2.45) is 0 Å². The maximum absolute atomic E-state index is 10.8. The van der Waals surface area contributed by atoms with Crippen molar-refractivity contribution in [1.29, 1.82) is 0 Å². The predicted molar refractivity (Wildman–Crippen MR) is 124 cm³/mol. The fourth-order valence-corrected chi connectivity index (χ4v) is 3.68. The van der Waals surface area contributed by atoms with Crippen molar-refractivity contribution < 1.29 is 24.1 Å². The lowest BCUT2D eigenvalue weighted by atomic mass is 10.0. The minimum absolute atomic E-state index is 0.379. The van der Waals surface area contributed by atoms with Gasteiger partial charge in [-0.1, -0.05) is 12.1 Å². The van der Waals surface area contributed by atoms with Gasteiger partial charge in [0, 0.05) is 18.2 Å². The number of benzene rings is 2. The summed E-state index contributed by atoms with van der Waals surface area (Å²) < 4.78 is 16.7. The average molecular weight is 450 g/mol. The van der Waals surface area contributed by atoms with Gasteiger partial charge in [-0.2, -0.15) is 0 Å². The van der Waals surface area contributed by atoms with Crippen molar-refractivity contribution in [2.45, 2.75) is 26.2 Å². The van der Waals surface area contributed by atoms with E-state index in [4.69, 9.17) is 19.3 Å². The molecule has 0 aliphatic carbocycles.